The number of methoxy groups -OCH3 is 4. The second-order valence-electron chi connectivity index (χ2n) is 7.06. The fraction of sp³-hybridized carbons (Fsp3) is 0.292. The summed E-state index contributed by atoms with van der Waals surface area (Å²) >= 11 is 0. The Kier molecular flexibility index (Phi) is 7.62. The molecule has 0 atom stereocenters. The number of esters is 2. The van der Waals surface area contributed by atoms with Crippen molar-refractivity contribution in [1.29, 1.82) is 0 Å². The predicted molar refractivity (Wildman–Crippen MR) is 126 cm³/mol. The Balaban J connectivity index is 2.37. The predicted octanol–water partition coefficient (Wildman–Crippen LogP) is 2.59. The summed E-state index contributed by atoms with van der Waals surface area (Å²) in [4.78, 5) is 37.5. The molecule has 0 aliphatic carbocycles. The van der Waals surface area contributed by atoms with Crippen LogP contribution in [0, 0.1) is 0 Å². The van der Waals surface area contributed by atoms with Crippen molar-refractivity contribution in [2.75, 3.05) is 47.0 Å². The van der Waals surface area contributed by atoms with Gasteiger partial charge in [0.25, 0.3) is 5.56 Å². The fourth-order valence-electron chi connectivity index (χ4n) is 3.66. The van der Waals surface area contributed by atoms with Gasteiger partial charge in [0.15, 0.2) is 17.2 Å². The number of rotatable bonds is 9. The van der Waals surface area contributed by atoms with Gasteiger partial charge in [0.2, 0.25) is 5.75 Å². The SMILES string of the molecule is COC(=O)c1c(-c2cc(OC)c(OC)c(OC)c2)c2ccccc2c(=O)n1NCCOC(C)=O. The largest absolute Gasteiger partial charge is 0.493 e. The number of fused-ring (bicyclic) bond motifs is 1. The van der Waals surface area contributed by atoms with Gasteiger partial charge in [-0.1, -0.05) is 18.2 Å². The molecule has 1 aromatic heterocycles. The zero-order chi connectivity index (χ0) is 24.8. The summed E-state index contributed by atoms with van der Waals surface area (Å²) in [7, 11) is 5.68. The maximum absolute atomic E-state index is 13.3. The molecule has 0 fully saturated rings. The first-order chi connectivity index (χ1) is 16.4. The van der Waals surface area contributed by atoms with E-state index in [1.54, 1.807) is 36.4 Å². The van der Waals surface area contributed by atoms with Gasteiger partial charge in [-0.3, -0.25) is 9.59 Å². The molecule has 0 spiro atoms. The number of carbonyl (C=O) groups is 2. The maximum Gasteiger partial charge on any atom is 0.357 e. The number of ether oxygens (including phenoxy) is 5. The molecular weight excluding hydrogens is 444 g/mol. The van der Waals surface area contributed by atoms with Crippen LogP contribution in [0.1, 0.15) is 17.4 Å². The lowest BCUT2D eigenvalue weighted by Crippen LogP contribution is -2.36. The molecule has 3 rings (SSSR count). The van der Waals surface area contributed by atoms with Crippen molar-refractivity contribution in [2.45, 2.75) is 6.92 Å². The fourth-order valence-corrected chi connectivity index (χ4v) is 3.66. The monoisotopic (exact) mass is 470 g/mol. The topological polar surface area (TPSA) is 114 Å². The maximum atomic E-state index is 13.3. The van der Waals surface area contributed by atoms with Crippen LogP contribution in [0.3, 0.4) is 0 Å². The minimum absolute atomic E-state index is 0.00523. The van der Waals surface area contributed by atoms with Crippen molar-refractivity contribution in [3.63, 3.8) is 0 Å². The van der Waals surface area contributed by atoms with Crippen LogP contribution in [0.2, 0.25) is 0 Å². The lowest BCUT2D eigenvalue weighted by Gasteiger charge is -2.21. The van der Waals surface area contributed by atoms with E-state index in [0.717, 1.165) is 4.68 Å². The van der Waals surface area contributed by atoms with Gasteiger partial charge < -0.3 is 29.1 Å². The van der Waals surface area contributed by atoms with Crippen molar-refractivity contribution in [3.05, 3.63) is 52.4 Å². The molecule has 0 bridgehead atoms. The van der Waals surface area contributed by atoms with E-state index in [-0.39, 0.29) is 18.8 Å². The van der Waals surface area contributed by atoms with E-state index >= 15 is 0 Å². The Bertz CT molecular complexity index is 1260. The van der Waals surface area contributed by atoms with Gasteiger partial charge in [-0.05, 0) is 29.1 Å². The van der Waals surface area contributed by atoms with Gasteiger partial charge in [-0.15, -0.1) is 0 Å². The molecule has 0 amide bonds. The van der Waals surface area contributed by atoms with Crippen molar-refractivity contribution >= 4 is 22.7 Å². The molecule has 0 saturated heterocycles. The highest BCUT2D eigenvalue weighted by molar-refractivity contribution is 6.07. The van der Waals surface area contributed by atoms with Crippen LogP contribution in [0.25, 0.3) is 21.9 Å². The molecule has 0 aliphatic rings. The number of hydrogen-bond donors (Lipinski definition) is 1. The van der Waals surface area contributed by atoms with E-state index < -0.39 is 17.5 Å². The molecular formula is C24H26N2O8. The van der Waals surface area contributed by atoms with Gasteiger partial charge in [0.05, 0.1) is 35.0 Å². The molecule has 0 saturated carbocycles. The summed E-state index contributed by atoms with van der Waals surface area (Å²) in [6.45, 7) is 1.36. The standard InChI is InChI=1S/C24H26N2O8/c1-14(27)34-11-10-25-26-21(24(29)33-5)20(16-8-6-7-9-17(16)23(26)28)15-12-18(30-2)22(32-4)19(13-15)31-3/h6-9,12-13,25H,10-11H2,1-5H3. The van der Waals surface area contributed by atoms with Gasteiger partial charge in [0, 0.05) is 17.9 Å². The Morgan fingerprint density at radius 1 is 0.941 bits per heavy atom. The summed E-state index contributed by atoms with van der Waals surface area (Å²) in [5.41, 5.74) is 3.32. The number of pyridine rings is 1. The number of carbonyl (C=O) groups excluding carboxylic acids is 2. The van der Waals surface area contributed by atoms with Crippen LogP contribution < -0.4 is 25.2 Å². The molecule has 0 radical (unpaired) electrons. The number of nitrogens with zero attached hydrogens (tertiary/aromatic N) is 1. The van der Waals surface area contributed by atoms with Crippen LogP contribution in [0.15, 0.2) is 41.2 Å². The van der Waals surface area contributed by atoms with Crippen molar-refractivity contribution in [1.82, 2.24) is 4.68 Å². The molecule has 10 nitrogen and oxygen atoms in total. The minimum Gasteiger partial charge on any atom is -0.493 e. The Morgan fingerprint density at radius 3 is 2.09 bits per heavy atom. The number of benzene rings is 2. The average Bonchev–Trinajstić information content (AvgIpc) is 2.85. The smallest absolute Gasteiger partial charge is 0.357 e. The van der Waals surface area contributed by atoms with E-state index in [1.165, 1.54) is 35.4 Å². The molecule has 3 aromatic rings. The lowest BCUT2D eigenvalue weighted by atomic mass is 9.96. The van der Waals surface area contributed by atoms with Crippen LogP contribution in [0.5, 0.6) is 17.2 Å². The quantitative estimate of drug-likeness (QED) is 0.372. The van der Waals surface area contributed by atoms with Crippen LogP contribution in [-0.4, -0.2) is 58.2 Å². The van der Waals surface area contributed by atoms with Gasteiger partial charge in [-0.2, -0.15) is 0 Å². The van der Waals surface area contributed by atoms with E-state index in [4.69, 9.17) is 23.7 Å². The summed E-state index contributed by atoms with van der Waals surface area (Å²) in [5, 5.41) is 0.888. The number of nitrogens with one attached hydrogen (secondary N) is 1. The minimum atomic E-state index is -0.744. The highest BCUT2D eigenvalue weighted by Gasteiger charge is 2.26. The molecule has 180 valence electrons. The van der Waals surface area contributed by atoms with E-state index in [2.05, 4.69) is 5.43 Å². The molecule has 0 unspecified atom stereocenters. The van der Waals surface area contributed by atoms with Gasteiger partial charge in [0.1, 0.15) is 6.61 Å². The third kappa shape index (κ3) is 4.61. The normalized spacial score (nSPS) is 10.5. The first-order valence-electron chi connectivity index (χ1n) is 10.3. The first kappa shape index (κ1) is 24.4. The van der Waals surface area contributed by atoms with E-state index in [1.807, 2.05) is 0 Å². The zero-order valence-corrected chi connectivity index (χ0v) is 19.6. The lowest BCUT2D eigenvalue weighted by molar-refractivity contribution is -0.140. The molecule has 10 heteroatoms. The summed E-state index contributed by atoms with van der Waals surface area (Å²) in [6, 6.07) is 10.3. The summed E-state index contributed by atoms with van der Waals surface area (Å²) < 4.78 is 27.5. The van der Waals surface area contributed by atoms with Crippen molar-refractivity contribution < 1.29 is 33.3 Å². The first-order valence-corrected chi connectivity index (χ1v) is 10.3. The molecule has 1 heterocycles. The number of hydrogen-bond acceptors (Lipinski definition) is 9. The van der Waals surface area contributed by atoms with Gasteiger partial charge in [-0.25, -0.2) is 9.47 Å². The average molecular weight is 470 g/mol. The second kappa shape index (κ2) is 10.6. The third-order valence-electron chi connectivity index (χ3n) is 5.10. The Morgan fingerprint density at radius 2 is 1.56 bits per heavy atom. The van der Waals surface area contributed by atoms with Crippen molar-refractivity contribution in [2.24, 2.45) is 0 Å². The Hall–Kier alpha value is -4.21. The van der Waals surface area contributed by atoms with E-state index in [9.17, 15) is 14.4 Å². The van der Waals surface area contributed by atoms with Gasteiger partial charge >= 0.3 is 11.9 Å². The second-order valence-corrected chi connectivity index (χ2v) is 7.06. The summed E-state index contributed by atoms with van der Waals surface area (Å²) in [6.07, 6.45) is 0. The number of aromatic nitrogens is 1. The van der Waals surface area contributed by atoms with E-state index in [0.29, 0.717) is 39.1 Å². The van der Waals surface area contributed by atoms with Crippen LogP contribution in [0.4, 0.5) is 0 Å². The summed E-state index contributed by atoms with van der Waals surface area (Å²) in [5.74, 6) is -0.0781. The van der Waals surface area contributed by atoms with Crippen LogP contribution >= 0.6 is 0 Å². The highest BCUT2D eigenvalue weighted by atomic mass is 16.5. The zero-order valence-electron chi connectivity index (χ0n) is 19.6. The Labute approximate surface area is 195 Å². The molecule has 1 N–H and O–H groups in total. The highest BCUT2D eigenvalue weighted by Crippen LogP contribution is 2.43. The molecule has 0 aliphatic heterocycles. The molecule has 2 aromatic carbocycles. The molecule has 34 heavy (non-hydrogen) atoms. The third-order valence-corrected chi connectivity index (χ3v) is 5.10. The van der Waals surface area contributed by atoms with Crippen LogP contribution in [-0.2, 0) is 14.3 Å². The van der Waals surface area contributed by atoms with Crippen molar-refractivity contribution in [3.8, 4) is 28.4 Å².